The molecule has 0 bridgehead atoms. The molecule has 1 amide bonds. The van der Waals surface area contributed by atoms with Gasteiger partial charge < -0.3 is 11.1 Å². The van der Waals surface area contributed by atoms with Crippen LogP contribution in [0.15, 0.2) is 30.9 Å². The van der Waals surface area contributed by atoms with Crippen LogP contribution in [0, 0.1) is 0 Å². The molecule has 0 fully saturated rings. The van der Waals surface area contributed by atoms with Gasteiger partial charge in [0, 0.05) is 11.7 Å². The van der Waals surface area contributed by atoms with Gasteiger partial charge in [0.1, 0.15) is 0 Å². The molecule has 0 heterocycles. The van der Waals surface area contributed by atoms with Gasteiger partial charge in [0.2, 0.25) is 0 Å². The number of nitrogen functional groups attached to an aromatic ring is 1. The third-order valence-corrected chi connectivity index (χ3v) is 2.45. The molecular formula is C12H15ClN2O. The lowest BCUT2D eigenvalue weighted by Crippen LogP contribution is -2.32. The van der Waals surface area contributed by atoms with Gasteiger partial charge >= 0.3 is 0 Å². The summed E-state index contributed by atoms with van der Waals surface area (Å²) in [5.74, 6) is -0.195. The summed E-state index contributed by atoms with van der Waals surface area (Å²) in [6.45, 7) is 5.52. The second-order valence-corrected chi connectivity index (χ2v) is 4.05. The first kappa shape index (κ1) is 12.6. The van der Waals surface area contributed by atoms with Crippen molar-refractivity contribution in [3.05, 3.63) is 41.4 Å². The fraction of sp³-hybridized carbons (Fsp3) is 0.250. The zero-order valence-corrected chi connectivity index (χ0v) is 9.92. The number of nitrogens with two attached hydrogens (primary N) is 1. The van der Waals surface area contributed by atoms with Crippen LogP contribution in [0.4, 0.5) is 5.69 Å². The van der Waals surface area contributed by atoms with Crippen LogP contribution in [0.1, 0.15) is 23.7 Å². The molecule has 0 aromatic heterocycles. The number of amides is 1. The smallest absolute Gasteiger partial charge is 0.253 e. The van der Waals surface area contributed by atoms with E-state index < -0.39 is 0 Å². The van der Waals surface area contributed by atoms with E-state index >= 15 is 0 Å². The zero-order valence-electron chi connectivity index (χ0n) is 9.16. The standard InChI is InChI=1S/C12H15ClN2O/c1-3-4-8(2)15-12(16)10-6-5-9(14)7-11(10)13/h3,5-8H,1,4,14H2,2H3,(H,15,16). The largest absolute Gasteiger partial charge is 0.399 e. The van der Waals surface area contributed by atoms with Crippen molar-refractivity contribution >= 4 is 23.2 Å². The van der Waals surface area contributed by atoms with Crippen LogP contribution >= 0.6 is 11.6 Å². The highest BCUT2D eigenvalue weighted by Crippen LogP contribution is 2.19. The molecule has 4 heteroatoms. The van der Waals surface area contributed by atoms with Crippen molar-refractivity contribution in [2.24, 2.45) is 0 Å². The second-order valence-electron chi connectivity index (χ2n) is 3.64. The summed E-state index contributed by atoms with van der Waals surface area (Å²) in [7, 11) is 0. The fourth-order valence-corrected chi connectivity index (χ4v) is 1.60. The molecule has 86 valence electrons. The highest BCUT2D eigenvalue weighted by Gasteiger charge is 2.12. The molecular weight excluding hydrogens is 224 g/mol. The number of rotatable bonds is 4. The Morgan fingerprint density at radius 2 is 2.38 bits per heavy atom. The lowest BCUT2D eigenvalue weighted by Gasteiger charge is -2.12. The Labute approximate surface area is 100 Å². The molecule has 1 aromatic rings. The Bertz CT molecular complexity index is 404. The van der Waals surface area contributed by atoms with E-state index in [2.05, 4.69) is 11.9 Å². The van der Waals surface area contributed by atoms with Crippen molar-refractivity contribution in [3.63, 3.8) is 0 Å². The SMILES string of the molecule is C=CCC(C)NC(=O)c1ccc(N)cc1Cl. The van der Waals surface area contributed by atoms with Gasteiger partial charge in [-0.2, -0.15) is 0 Å². The van der Waals surface area contributed by atoms with E-state index in [1.165, 1.54) is 0 Å². The summed E-state index contributed by atoms with van der Waals surface area (Å²) in [6.07, 6.45) is 2.48. The third kappa shape index (κ3) is 3.28. The quantitative estimate of drug-likeness (QED) is 0.626. The maximum Gasteiger partial charge on any atom is 0.253 e. The Morgan fingerprint density at radius 1 is 1.69 bits per heavy atom. The van der Waals surface area contributed by atoms with Gasteiger partial charge in [0.15, 0.2) is 0 Å². The highest BCUT2D eigenvalue weighted by atomic mass is 35.5. The van der Waals surface area contributed by atoms with Crippen molar-refractivity contribution in [1.29, 1.82) is 0 Å². The predicted molar refractivity (Wildman–Crippen MR) is 67.6 cm³/mol. The van der Waals surface area contributed by atoms with Gasteiger partial charge in [0.05, 0.1) is 10.6 Å². The highest BCUT2D eigenvalue weighted by molar-refractivity contribution is 6.34. The van der Waals surface area contributed by atoms with E-state index in [1.54, 1.807) is 24.3 Å². The maximum absolute atomic E-state index is 11.8. The number of benzene rings is 1. The van der Waals surface area contributed by atoms with Gasteiger partial charge in [-0.3, -0.25) is 4.79 Å². The summed E-state index contributed by atoms with van der Waals surface area (Å²) < 4.78 is 0. The van der Waals surface area contributed by atoms with Crippen LogP contribution in [0.5, 0.6) is 0 Å². The van der Waals surface area contributed by atoms with Crippen LogP contribution in [-0.4, -0.2) is 11.9 Å². The molecule has 1 unspecified atom stereocenters. The average molecular weight is 239 g/mol. The summed E-state index contributed by atoms with van der Waals surface area (Å²) >= 11 is 5.92. The van der Waals surface area contributed by atoms with Gasteiger partial charge in [-0.05, 0) is 31.5 Å². The van der Waals surface area contributed by atoms with E-state index in [1.807, 2.05) is 6.92 Å². The van der Waals surface area contributed by atoms with Crippen molar-refractivity contribution < 1.29 is 4.79 Å². The first-order chi connectivity index (χ1) is 7.54. The Morgan fingerprint density at radius 3 is 2.94 bits per heavy atom. The monoisotopic (exact) mass is 238 g/mol. The molecule has 1 rings (SSSR count). The normalized spacial score (nSPS) is 11.9. The minimum atomic E-state index is -0.195. The predicted octanol–water partition coefficient (Wildman–Crippen LogP) is 2.62. The molecule has 0 radical (unpaired) electrons. The number of anilines is 1. The molecule has 1 aromatic carbocycles. The van der Waals surface area contributed by atoms with Crippen molar-refractivity contribution in [1.82, 2.24) is 5.32 Å². The first-order valence-corrected chi connectivity index (χ1v) is 5.39. The second kappa shape index (κ2) is 5.56. The van der Waals surface area contributed by atoms with Crippen LogP contribution in [0.25, 0.3) is 0 Å². The number of carbonyl (C=O) groups is 1. The molecule has 0 spiro atoms. The van der Waals surface area contributed by atoms with Crippen molar-refractivity contribution in [2.45, 2.75) is 19.4 Å². The molecule has 3 nitrogen and oxygen atoms in total. The molecule has 16 heavy (non-hydrogen) atoms. The zero-order chi connectivity index (χ0) is 12.1. The van der Waals surface area contributed by atoms with E-state index in [0.717, 1.165) is 6.42 Å². The summed E-state index contributed by atoms with van der Waals surface area (Å²) in [6, 6.07) is 4.87. The lowest BCUT2D eigenvalue weighted by atomic mass is 10.1. The average Bonchev–Trinajstić information content (AvgIpc) is 2.17. The first-order valence-electron chi connectivity index (χ1n) is 5.01. The van der Waals surface area contributed by atoms with Gasteiger partial charge in [-0.15, -0.1) is 6.58 Å². The lowest BCUT2D eigenvalue weighted by molar-refractivity contribution is 0.0940. The van der Waals surface area contributed by atoms with Gasteiger partial charge in [-0.25, -0.2) is 0 Å². The van der Waals surface area contributed by atoms with Crippen LogP contribution < -0.4 is 11.1 Å². The number of hydrogen-bond donors (Lipinski definition) is 2. The van der Waals surface area contributed by atoms with E-state index in [-0.39, 0.29) is 11.9 Å². The van der Waals surface area contributed by atoms with E-state index in [0.29, 0.717) is 16.3 Å². The molecule has 0 aliphatic carbocycles. The van der Waals surface area contributed by atoms with Crippen molar-refractivity contribution in [3.8, 4) is 0 Å². The number of halogens is 1. The van der Waals surface area contributed by atoms with Gasteiger partial charge in [-0.1, -0.05) is 17.7 Å². The van der Waals surface area contributed by atoms with E-state index in [4.69, 9.17) is 17.3 Å². The van der Waals surface area contributed by atoms with E-state index in [9.17, 15) is 4.79 Å². The minimum absolute atomic E-state index is 0.0404. The molecule has 0 saturated heterocycles. The molecule has 0 saturated carbocycles. The Hall–Kier alpha value is -1.48. The van der Waals surface area contributed by atoms with Gasteiger partial charge in [0.25, 0.3) is 5.91 Å². The Kier molecular flexibility index (Phi) is 4.38. The van der Waals surface area contributed by atoms with Crippen molar-refractivity contribution in [2.75, 3.05) is 5.73 Å². The molecule has 3 N–H and O–H groups in total. The maximum atomic E-state index is 11.8. The molecule has 0 aliphatic rings. The number of carbonyl (C=O) groups excluding carboxylic acids is 1. The molecule has 0 aliphatic heterocycles. The molecule has 1 atom stereocenters. The minimum Gasteiger partial charge on any atom is -0.399 e. The Balaban J connectivity index is 2.76. The fourth-order valence-electron chi connectivity index (χ4n) is 1.33. The summed E-state index contributed by atoms with van der Waals surface area (Å²) in [4.78, 5) is 11.8. The van der Waals surface area contributed by atoms with Crippen LogP contribution in [0.2, 0.25) is 5.02 Å². The topological polar surface area (TPSA) is 55.1 Å². The third-order valence-electron chi connectivity index (χ3n) is 2.14. The summed E-state index contributed by atoms with van der Waals surface area (Å²) in [5.41, 5.74) is 6.53. The van der Waals surface area contributed by atoms with Crippen LogP contribution in [0.3, 0.4) is 0 Å². The number of hydrogen-bond acceptors (Lipinski definition) is 2. The summed E-state index contributed by atoms with van der Waals surface area (Å²) in [5, 5.41) is 3.19. The van der Waals surface area contributed by atoms with Crippen LogP contribution in [-0.2, 0) is 0 Å². The number of nitrogens with one attached hydrogen (secondary N) is 1.